The standard InChI is InChI=1S/C25H27F6N3O3.C24H30F3N3O3.C24H31N3O3.H2/c1-16-14-32-23(20-7-6-19(34(16)20)21(35)25(29,30)31)8-11-33(12-9-23)22(36)18-4-2-17(3-5-18)15-37-13-10-24(26,27)28;1-15(2)33-18-6-5-17(13-19(18)32-4)22(31)29-11-9-23(16(3)14-29)20-7-8-21(24(25,26)27)30(20)12-10-28-23;1-4-17-30-20-7-5-19(6-8-20)23(29)26-13-11-24(12-14-26)22-10-9-21(18(2)28)27(22)16-15-25(24)3;/h2-7,16,32H,8-15H2,1H3;5-8,13,15-16,28H,9-12,14H2,1-4H3;5-10H,4,11-17H2,1-3H3;1H. The number of amides is 3. The molecule has 544 valence electrons. The molecule has 100 heavy (non-hydrogen) atoms. The van der Waals surface area contributed by atoms with Crippen LogP contribution in [-0.2, 0) is 47.2 Å². The van der Waals surface area contributed by atoms with Gasteiger partial charge in [0.2, 0.25) is 0 Å². The van der Waals surface area contributed by atoms with Crippen LogP contribution in [0.2, 0.25) is 0 Å². The fourth-order valence-corrected chi connectivity index (χ4v) is 15.0. The van der Waals surface area contributed by atoms with Crippen LogP contribution in [0.5, 0.6) is 17.2 Å². The molecular formula is C73H90F9N9O9. The van der Waals surface area contributed by atoms with Crippen LogP contribution in [0.3, 0.4) is 0 Å². The summed E-state index contributed by atoms with van der Waals surface area (Å²) in [6, 6.07) is 28.3. The van der Waals surface area contributed by atoms with Crippen molar-refractivity contribution in [3.63, 3.8) is 0 Å². The molecule has 3 spiro atoms. The zero-order valence-corrected chi connectivity index (χ0v) is 57.6. The molecule has 18 nitrogen and oxygen atoms in total. The van der Waals surface area contributed by atoms with E-state index in [0.717, 1.165) is 43.8 Å². The number of aromatic nitrogens is 3. The lowest BCUT2D eigenvalue weighted by Crippen LogP contribution is -2.60. The predicted molar refractivity (Wildman–Crippen MR) is 357 cm³/mol. The molecule has 3 unspecified atom stereocenters. The highest BCUT2D eigenvalue weighted by Gasteiger charge is 2.51. The third kappa shape index (κ3) is 15.8. The summed E-state index contributed by atoms with van der Waals surface area (Å²) in [6.07, 6.45) is -10.5. The van der Waals surface area contributed by atoms with Crippen molar-refractivity contribution in [2.75, 3.05) is 86.3 Å². The van der Waals surface area contributed by atoms with Crippen molar-refractivity contribution in [2.45, 2.75) is 153 Å². The molecule has 3 saturated heterocycles. The minimum atomic E-state index is -4.96. The minimum Gasteiger partial charge on any atom is -0.494 e. The summed E-state index contributed by atoms with van der Waals surface area (Å²) in [5, 5.41) is 6.92. The normalized spacial score (nSPS) is 20.4. The summed E-state index contributed by atoms with van der Waals surface area (Å²) in [4.78, 5) is 71.1. The van der Waals surface area contributed by atoms with E-state index in [1.807, 2.05) is 56.0 Å². The Balaban J connectivity index is 0.000000176. The predicted octanol–water partition coefficient (Wildman–Crippen LogP) is 13.1. The number of nitrogens with zero attached hydrogens (tertiary/aromatic N) is 7. The lowest BCUT2D eigenvalue weighted by atomic mass is 9.75. The summed E-state index contributed by atoms with van der Waals surface area (Å²) in [5.41, 5.74) is 3.18. The second-order valence-electron chi connectivity index (χ2n) is 27.0. The molecule has 9 heterocycles. The highest BCUT2D eigenvalue weighted by Crippen LogP contribution is 2.46. The van der Waals surface area contributed by atoms with Crippen LogP contribution < -0.4 is 24.8 Å². The van der Waals surface area contributed by atoms with Gasteiger partial charge in [-0.1, -0.05) is 26.0 Å². The van der Waals surface area contributed by atoms with E-state index in [4.69, 9.17) is 18.9 Å². The van der Waals surface area contributed by atoms with Crippen molar-refractivity contribution in [1.82, 2.24) is 43.9 Å². The molecule has 6 aromatic rings. The molecule has 0 saturated carbocycles. The first-order valence-corrected chi connectivity index (χ1v) is 34.0. The monoisotopic (exact) mass is 1410 g/mol. The molecule has 0 radical (unpaired) electrons. The summed E-state index contributed by atoms with van der Waals surface area (Å²) >= 11 is 0. The van der Waals surface area contributed by atoms with Crippen molar-refractivity contribution in [3.8, 4) is 17.2 Å². The van der Waals surface area contributed by atoms with Gasteiger partial charge in [0.25, 0.3) is 23.5 Å². The molecule has 6 aliphatic heterocycles. The van der Waals surface area contributed by atoms with Crippen molar-refractivity contribution in [3.05, 3.63) is 160 Å². The number of nitrogens with one attached hydrogen (secondary N) is 2. The second kappa shape index (κ2) is 30.2. The molecular weight excluding hydrogens is 1320 g/mol. The van der Waals surface area contributed by atoms with E-state index in [9.17, 15) is 63.5 Å². The van der Waals surface area contributed by atoms with Gasteiger partial charge >= 0.3 is 18.5 Å². The summed E-state index contributed by atoms with van der Waals surface area (Å²) in [7, 11) is 3.69. The van der Waals surface area contributed by atoms with Gasteiger partial charge in [0.05, 0.1) is 67.5 Å². The molecule has 12 rings (SSSR count). The molecule has 3 atom stereocenters. The maximum atomic E-state index is 13.5. The number of ether oxygens (including phenoxy) is 4. The number of alkyl halides is 9. The highest BCUT2D eigenvalue weighted by atomic mass is 19.4. The van der Waals surface area contributed by atoms with Gasteiger partial charge in [0.15, 0.2) is 17.3 Å². The van der Waals surface area contributed by atoms with E-state index in [2.05, 4.69) is 40.1 Å². The zero-order valence-electron chi connectivity index (χ0n) is 57.6. The van der Waals surface area contributed by atoms with E-state index >= 15 is 0 Å². The number of likely N-dealkylation sites (tertiary alicyclic amines) is 3. The first-order chi connectivity index (χ1) is 47.3. The van der Waals surface area contributed by atoms with Gasteiger partial charge in [-0.25, -0.2) is 0 Å². The molecule has 3 aromatic carbocycles. The maximum Gasteiger partial charge on any atom is 0.456 e. The third-order valence-electron chi connectivity index (χ3n) is 20.3. The molecule has 2 N–H and O–H groups in total. The number of methoxy groups -OCH3 is 1. The van der Waals surface area contributed by atoms with Gasteiger partial charge in [-0.05, 0) is 169 Å². The molecule has 27 heteroatoms. The number of carbonyl (C=O) groups excluding carboxylic acids is 5. The van der Waals surface area contributed by atoms with Crippen molar-refractivity contribution in [1.29, 1.82) is 0 Å². The number of hydrogen-bond donors (Lipinski definition) is 2. The summed E-state index contributed by atoms with van der Waals surface area (Å²) in [5.74, 6) is -0.243. The Morgan fingerprint density at radius 1 is 0.630 bits per heavy atom. The van der Waals surface area contributed by atoms with Gasteiger partial charge < -0.3 is 58.0 Å². The Bertz CT molecular complexity index is 3890. The zero-order chi connectivity index (χ0) is 72.3. The van der Waals surface area contributed by atoms with Crippen LogP contribution in [0.4, 0.5) is 39.5 Å². The van der Waals surface area contributed by atoms with Crippen molar-refractivity contribution < 1.29 is 83.9 Å². The van der Waals surface area contributed by atoms with Crippen molar-refractivity contribution in [2.24, 2.45) is 5.92 Å². The molecule has 6 aliphatic rings. The average Bonchev–Trinajstić information content (AvgIpc) is 1.68. The Kier molecular flexibility index (Phi) is 22.5. The lowest BCUT2D eigenvalue weighted by Gasteiger charge is -2.50. The second-order valence-corrected chi connectivity index (χ2v) is 27.0. The number of hydrogen-bond acceptors (Lipinski definition) is 12. The number of rotatable bonds is 15. The summed E-state index contributed by atoms with van der Waals surface area (Å²) < 4.78 is 143. The lowest BCUT2D eigenvalue weighted by molar-refractivity contribution is -0.146. The largest absolute Gasteiger partial charge is 0.494 e. The van der Waals surface area contributed by atoms with E-state index in [1.165, 1.54) is 34.1 Å². The Morgan fingerprint density at radius 2 is 1.22 bits per heavy atom. The Labute approximate surface area is 577 Å². The number of likely N-dealkylation sites (N-methyl/N-ethyl adjacent to an activating group) is 1. The number of halogens is 9. The molecule has 3 fully saturated rings. The van der Waals surface area contributed by atoms with Crippen LogP contribution in [0.1, 0.15) is 174 Å². The van der Waals surface area contributed by atoms with Crippen LogP contribution in [0.25, 0.3) is 0 Å². The van der Waals surface area contributed by atoms with Crippen LogP contribution in [-0.4, -0.2) is 167 Å². The first kappa shape index (κ1) is 74.5. The van der Waals surface area contributed by atoms with Gasteiger partial charge in [-0.2, -0.15) is 39.5 Å². The fraction of sp³-hybridized carbons (Fsp3) is 0.521. The van der Waals surface area contributed by atoms with Gasteiger partial charge in [-0.15, -0.1) is 0 Å². The first-order valence-electron chi connectivity index (χ1n) is 34.0. The minimum absolute atomic E-state index is 0. The number of Topliss-reactive ketones (excluding diaryl/α,β-unsaturated/α-hetero) is 2. The quantitative estimate of drug-likeness (QED) is 0.0567. The number of piperidine rings is 3. The highest BCUT2D eigenvalue weighted by molar-refractivity contribution is 5.99. The van der Waals surface area contributed by atoms with E-state index in [-0.39, 0.29) is 67.4 Å². The average molecular weight is 1410 g/mol. The van der Waals surface area contributed by atoms with Crippen LogP contribution >= 0.6 is 0 Å². The van der Waals surface area contributed by atoms with Gasteiger partial charge in [-0.3, -0.25) is 28.9 Å². The number of fused-ring (bicyclic) bond motifs is 6. The van der Waals surface area contributed by atoms with Gasteiger partial charge in [0, 0.05) is 120 Å². The number of benzene rings is 3. The van der Waals surface area contributed by atoms with E-state index in [0.29, 0.717) is 123 Å². The number of ketones is 2. The molecule has 3 aromatic heterocycles. The van der Waals surface area contributed by atoms with Crippen LogP contribution in [0.15, 0.2) is 103 Å². The molecule has 0 bridgehead atoms. The van der Waals surface area contributed by atoms with Crippen molar-refractivity contribution >= 4 is 29.3 Å². The Hall–Kier alpha value is -8.14. The summed E-state index contributed by atoms with van der Waals surface area (Å²) in [6.45, 7) is 17.4. The third-order valence-corrected chi connectivity index (χ3v) is 20.3. The molecule has 0 aliphatic carbocycles. The Morgan fingerprint density at radius 3 is 1.81 bits per heavy atom. The molecule has 3 amide bonds. The van der Waals surface area contributed by atoms with Gasteiger partial charge in [0.1, 0.15) is 11.4 Å². The SMILES string of the molecule is CC1CNC2(CCN(C(=O)c3ccc(COCCC(F)(F)F)cc3)CC2)c2ccc(C(=O)C(F)(F)F)n21.CCCOc1ccc(C(=O)N2CCC3(CC2)c2ccc(C(C)=O)n2CCN3C)cc1.COc1cc(C(=O)N2CCC3(NCCn4c(C(F)(F)F)ccc43)C(C)C2)ccc1OC(C)C.[HH]. The maximum absolute atomic E-state index is 13.5. The van der Waals surface area contributed by atoms with E-state index < -0.39 is 54.1 Å². The van der Waals surface area contributed by atoms with Crippen LogP contribution in [0, 0.1) is 5.92 Å². The number of carbonyl (C=O) groups is 5. The fourth-order valence-electron chi connectivity index (χ4n) is 15.0. The smallest absolute Gasteiger partial charge is 0.456 e. The van der Waals surface area contributed by atoms with E-state index in [1.54, 1.807) is 78.2 Å². The topological polar surface area (TPSA) is 174 Å².